The van der Waals surface area contributed by atoms with Gasteiger partial charge in [-0.05, 0) is 59.0 Å². The van der Waals surface area contributed by atoms with Gasteiger partial charge in [-0.2, -0.15) is 0 Å². The molecule has 6 aromatic rings. The van der Waals surface area contributed by atoms with Crippen molar-refractivity contribution < 1.29 is 8.42 Å². The summed E-state index contributed by atoms with van der Waals surface area (Å²) in [5.41, 5.74) is 7.73. The molecule has 0 saturated carbocycles. The largest absolute Gasteiger partial charge is 0.268 e. The molecular formula is C37H29NO2S. The van der Waals surface area contributed by atoms with Crippen molar-refractivity contribution in [2.45, 2.75) is 11.8 Å². The number of hydrogen-bond acceptors (Lipinski definition) is 2. The molecule has 4 heteroatoms. The zero-order valence-corrected chi connectivity index (χ0v) is 23.5. The Balaban J connectivity index is 1.74. The van der Waals surface area contributed by atoms with Gasteiger partial charge < -0.3 is 0 Å². The summed E-state index contributed by atoms with van der Waals surface area (Å²) in [4.78, 5) is 0.242. The average Bonchev–Trinajstić information content (AvgIpc) is 3.42. The smallest absolute Gasteiger partial charge is 0.233 e. The van der Waals surface area contributed by atoms with E-state index in [0.29, 0.717) is 11.4 Å². The lowest BCUT2D eigenvalue weighted by Gasteiger charge is -2.16. The minimum atomic E-state index is -3.99. The van der Waals surface area contributed by atoms with Crippen LogP contribution in [0.3, 0.4) is 0 Å². The monoisotopic (exact) mass is 551 g/mol. The van der Waals surface area contributed by atoms with E-state index in [4.69, 9.17) is 0 Å². The summed E-state index contributed by atoms with van der Waals surface area (Å²) < 4.78 is 30.7. The van der Waals surface area contributed by atoms with E-state index >= 15 is 0 Å². The van der Waals surface area contributed by atoms with Crippen LogP contribution in [0.5, 0.6) is 0 Å². The molecule has 6 rings (SSSR count). The third kappa shape index (κ3) is 5.30. The van der Waals surface area contributed by atoms with Gasteiger partial charge in [0, 0.05) is 5.56 Å². The van der Waals surface area contributed by atoms with E-state index in [2.05, 4.69) is 24.3 Å². The Kier molecular flexibility index (Phi) is 7.24. The van der Waals surface area contributed by atoms with Crippen molar-refractivity contribution in [3.63, 3.8) is 0 Å². The van der Waals surface area contributed by atoms with E-state index in [1.807, 2.05) is 128 Å². The van der Waals surface area contributed by atoms with Crippen molar-refractivity contribution in [1.29, 1.82) is 0 Å². The van der Waals surface area contributed by atoms with Gasteiger partial charge in [0.25, 0.3) is 10.0 Å². The lowest BCUT2D eigenvalue weighted by atomic mass is 9.95. The highest BCUT2D eigenvalue weighted by molar-refractivity contribution is 7.90. The molecule has 0 N–H and O–H groups in total. The molecule has 0 atom stereocenters. The van der Waals surface area contributed by atoms with E-state index in [1.54, 1.807) is 12.1 Å². The lowest BCUT2D eigenvalue weighted by Crippen LogP contribution is -2.16. The second kappa shape index (κ2) is 11.3. The zero-order valence-electron chi connectivity index (χ0n) is 22.7. The molecule has 1 heterocycles. The van der Waals surface area contributed by atoms with E-state index in [-0.39, 0.29) is 4.90 Å². The standard InChI is InChI=1S/C37H29NO2S/c1-28-22-24-33(25-23-28)41(39,40)38-36(32-20-12-5-13-21-32)27-35(31-18-10-4-11-19-31)37(38)26-34(29-14-6-2-7-15-29)30-16-8-3-9-17-30/h2-27H,1H3. The van der Waals surface area contributed by atoms with Crippen LogP contribution in [0, 0.1) is 6.92 Å². The first kappa shape index (κ1) is 26.3. The highest BCUT2D eigenvalue weighted by atomic mass is 32.2. The summed E-state index contributed by atoms with van der Waals surface area (Å²) in [6.07, 6.45) is 2.02. The molecule has 5 aromatic carbocycles. The number of aromatic nitrogens is 1. The van der Waals surface area contributed by atoms with Crippen LogP contribution in [0.4, 0.5) is 0 Å². The summed E-state index contributed by atoms with van der Waals surface area (Å²) in [6.45, 7) is 1.95. The number of nitrogens with zero attached hydrogens (tertiary/aromatic N) is 1. The highest BCUT2D eigenvalue weighted by Crippen LogP contribution is 2.39. The fraction of sp³-hybridized carbons (Fsp3) is 0.0270. The Morgan fingerprint density at radius 2 is 1.05 bits per heavy atom. The number of aryl methyl sites for hydroxylation is 1. The zero-order chi connectivity index (χ0) is 28.2. The van der Waals surface area contributed by atoms with Crippen LogP contribution in [0.1, 0.15) is 22.4 Å². The molecule has 0 saturated heterocycles. The highest BCUT2D eigenvalue weighted by Gasteiger charge is 2.27. The molecule has 200 valence electrons. The molecular weight excluding hydrogens is 522 g/mol. The fourth-order valence-corrected chi connectivity index (χ4v) is 6.60. The van der Waals surface area contributed by atoms with Gasteiger partial charge >= 0.3 is 0 Å². The van der Waals surface area contributed by atoms with Crippen LogP contribution in [0.25, 0.3) is 34.0 Å². The molecule has 0 radical (unpaired) electrons. The van der Waals surface area contributed by atoms with Crippen LogP contribution >= 0.6 is 0 Å². The first-order valence-electron chi connectivity index (χ1n) is 13.5. The third-order valence-electron chi connectivity index (χ3n) is 7.16. The summed E-state index contributed by atoms with van der Waals surface area (Å²) in [7, 11) is -3.99. The van der Waals surface area contributed by atoms with Crippen molar-refractivity contribution in [3.05, 3.63) is 174 Å². The van der Waals surface area contributed by atoms with Crippen LogP contribution in [-0.2, 0) is 10.0 Å². The van der Waals surface area contributed by atoms with Gasteiger partial charge in [-0.1, -0.05) is 139 Å². The molecule has 0 unspecified atom stereocenters. The maximum atomic E-state index is 14.6. The number of rotatable bonds is 7. The molecule has 41 heavy (non-hydrogen) atoms. The maximum absolute atomic E-state index is 14.6. The van der Waals surface area contributed by atoms with Crippen LogP contribution in [-0.4, -0.2) is 12.4 Å². The molecule has 0 amide bonds. The van der Waals surface area contributed by atoms with Crippen LogP contribution in [0.2, 0.25) is 0 Å². The van der Waals surface area contributed by atoms with Crippen molar-refractivity contribution in [2.75, 3.05) is 0 Å². The van der Waals surface area contributed by atoms with Crippen molar-refractivity contribution in [1.82, 2.24) is 3.97 Å². The van der Waals surface area contributed by atoms with Gasteiger partial charge in [0.1, 0.15) is 0 Å². The van der Waals surface area contributed by atoms with Crippen LogP contribution in [0.15, 0.2) is 157 Å². The molecule has 0 aliphatic rings. The average molecular weight is 552 g/mol. The summed E-state index contributed by atoms with van der Waals surface area (Å²) in [6, 6.07) is 48.9. The summed E-state index contributed by atoms with van der Waals surface area (Å²) >= 11 is 0. The van der Waals surface area contributed by atoms with Gasteiger partial charge in [0.05, 0.1) is 16.3 Å². The second-order valence-electron chi connectivity index (χ2n) is 9.93. The minimum absolute atomic E-state index is 0.242. The van der Waals surface area contributed by atoms with Gasteiger partial charge in [-0.25, -0.2) is 12.4 Å². The predicted octanol–water partition coefficient (Wildman–Crippen LogP) is 8.96. The first-order valence-corrected chi connectivity index (χ1v) is 15.0. The van der Waals surface area contributed by atoms with Crippen molar-refractivity contribution >= 4 is 21.7 Å². The fourth-order valence-electron chi connectivity index (χ4n) is 5.08. The Labute approximate surface area is 241 Å². The molecule has 0 aliphatic carbocycles. The minimum Gasteiger partial charge on any atom is -0.233 e. The van der Waals surface area contributed by atoms with E-state index in [9.17, 15) is 8.42 Å². The topological polar surface area (TPSA) is 39.1 Å². The molecule has 0 bridgehead atoms. The predicted molar refractivity (Wildman–Crippen MR) is 169 cm³/mol. The number of benzene rings is 5. The lowest BCUT2D eigenvalue weighted by molar-refractivity contribution is 0.588. The Bertz CT molecular complexity index is 1870. The summed E-state index contributed by atoms with van der Waals surface area (Å²) in [5.74, 6) is 0. The third-order valence-corrected chi connectivity index (χ3v) is 8.90. The van der Waals surface area contributed by atoms with Gasteiger partial charge in [0.2, 0.25) is 0 Å². The SMILES string of the molecule is Cc1ccc(S(=O)(=O)n2c(-c3ccccc3)cc(-c3ccccc3)c2C=C(c2ccccc2)c2ccccc2)cc1. The van der Waals surface area contributed by atoms with Crippen LogP contribution < -0.4 is 0 Å². The van der Waals surface area contributed by atoms with E-state index < -0.39 is 10.0 Å². The molecule has 0 aliphatic heterocycles. The summed E-state index contributed by atoms with van der Waals surface area (Å²) in [5, 5.41) is 0. The van der Waals surface area contributed by atoms with E-state index in [0.717, 1.165) is 39.0 Å². The van der Waals surface area contributed by atoms with Gasteiger partial charge in [-0.3, -0.25) is 0 Å². The second-order valence-corrected chi connectivity index (χ2v) is 11.7. The molecule has 3 nitrogen and oxygen atoms in total. The first-order chi connectivity index (χ1) is 20.0. The van der Waals surface area contributed by atoms with Gasteiger partial charge in [-0.15, -0.1) is 0 Å². The molecule has 1 aromatic heterocycles. The Hall–Kier alpha value is -4.93. The quantitative estimate of drug-likeness (QED) is 0.199. The van der Waals surface area contributed by atoms with Crippen molar-refractivity contribution in [2.24, 2.45) is 0 Å². The maximum Gasteiger partial charge on any atom is 0.268 e. The van der Waals surface area contributed by atoms with E-state index in [1.165, 1.54) is 3.97 Å². The molecule has 0 fully saturated rings. The number of hydrogen-bond donors (Lipinski definition) is 0. The molecule has 0 spiro atoms. The van der Waals surface area contributed by atoms with Crippen molar-refractivity contribution in [3.8, 4) is 22.4 Å². The van der Waals surface area contributed by atoms with Gasteiger partial charge in [0.15, 0.2) is 0 Å². The Morgan fingerprint density at radius 3 is 1.56 bits per heavy atom. The Morgan fingerprint density at radius 1 is 0.585 bits per heavy atom. The normalized spacial score (nSPS) is 11.2.